The largest absolute Gasteiger partial charge is 0.466 e. The minimum absolute atomic E-state index is 0.0209. The second-order valence-electron chi connectivity index (χ2n) is 21.4. The summed E-state index contributed by atoms with van der Waals surface area (Å²) in [5.41, 5.74) is 0. The minimum atomic E-state index is -0.860. The zero-order valence-electron chi connectivity index (χ0n) is 47.0. The van der Waals surface area contributed by atoms with Gasteiger partial charge in [0.15, 0.2) is 0 Å². The molecule has 0 bridgehead atoms. The maximum absolute atomic E-state index is 12.5. The number of hydrogen-bond donors (Lipinski definition) is 3. The molecule has 0 aromatic rings. The van der Waals surface area contributed by atoms with Crippen LogP contribution in [0.25, 0.3) is 0 Å². The quantitative estimate of drug-likeness (QED) is 0.0244. The fourth-order valence-electron chi connectivity index (χ4n) is 9.63. The summed E-state index contributed by atoms with van der Waals surface area (Å²) in [7, 11) is 0. The Morgan fingerprint density at radius 1 is 0.400 bits per heavy atom. The number of carbonyl (C=O) groups excluding carboxylic acids is 2. The second-order valence-corrected chi connectivity index (χ2v) is 21.4. The maximum atomic E-state index is 12.5. The molecule has 412 valence electrons. The summed E-state index contributed by atoms with van der Waals surface area (Å²) in [6.45, 7) is 4.87. The summed E-state index contributed by atoms with van der Waals surface area (Å²) in [6, 6.07) is -0.646. The fourth-order valence-corrected chi connectivity index (χ4v) is 9.63. The SMILES string of the molecule is CCCCCCCCCCCCCCCCCCCCCCCCC/C=C/C(O)C(CO)NC(=O)CCCCCCCC/C=C\C=C/CCCCCOC(=O)CCCCCCCCCCCCCCC. The van der Waals surface area contributed by atoms with Crippen molar-refractivity contribution in [3.63, 3.8) is 0 Å². The average Bonchev–Trinajstić information content (AvgIpc) is 3.36. The van der Waals surface area contributed by atoms with Gasteiger partial charge < -0.3 is 20.3 Å². The molecule has 2 unspecified atom stereocenters. The van der Waals surface area contributed by atoms with Gasteiger partial charge in [-0.3, -0.25) is 9.59 Å². The molecule has 0 heterocycles. The van der Waals surface area contributed by atoms with Gasteiger partial charge >= 0.3 is 5.97 Å². The van der Waals surface area contributed by atoms with Crippen molar-refractivity contribution < 1.29 is 24.5 Å². The number of rotatable bonds is 58. The van der Waals surface area contributed by atoms with Crippen LogP contribution < -0.4 is 5.32 Å². The van der Waals surface area contributed by atoms with Gasteiger partial charge in [-0.1, -0.05) is 294 Å². The molecule has 0 spiro atoms. The van der Waals surface area contributed by atoms with E-state index in [1.165, 1.54) is 231 Å². The maximum Gasteiger partial charge on any atom is 0.305 e. The molecule has 0 radical (unpaired) electrons. The highest BCUT2D eigenvalue weighted by Crippen LogP contribution is 2.17. The number of carbonyl (C=O) groups is 2. The van der Waals surface area contributed by atoms with Crippen molar-refractivity contribution in [2.75, 3.05) is 13.2 Å². The van der Waals surface area contributed by atoms with E-state index in [4.69, 9.17) is 4.74 Å². The van der Waals surface area contributed by atoms with E-state index in [0.717, 1.165) is 77.0 Å². The van der Waals surface area contributed by atoms with Crippen molar-refractivity contribution >= 4 is 11.9 Å². The third kappa shape index (κ3) is 55.4. The van der Waals surface area contributed by atoms with Crippen LogP contribution in [-0.4, -0.2) is 47.4 Å². The Balaban J connectivity index is 3.53. The van der Waals surface area contributed by atoms with Crippen molar-refractivity contribution in [1.29, 1.82) is 0 Å². The molecular weight excluding hydrogens is 863 g/mol. The van der Waals surface area contributed by atoms with Crippen molar-refractivity contribution in [2.45, 2.75) is 347 Å². The number of ether oxygens (including phenoxy) is 1. The van der Waals surface area contributed by atoms with E-state index in [2.05, 4.69) is 43.5 Å². The van der Waals surface area contributed by atoms with Gasteiger partial charge in [0.1, 0.15) is 0 Å². The number of unbranched alkanes of at least 4 members (excludes halogenated alkanes) is 44. The van der Waals surface area contributed by atoms with Gasteiger partial charge in [-0.2, -0.15) is 0 Å². The Kier molecular flexibility index (Phi) is 58.0. The summed E-state index contributed by atoms with van der Waals surface area (Å²) in [5.74, 6) is -0.108. The molecule has 6 nitrogen and oxygen atoms in total. The van der Waals surface area contributed by atoms with Gasteiger partial charge in [-0.25, -0.2) is 0 Å². The van der Waals surface area contributed by atoms with Crippen molar-refractivity contribution in [1.82, 2.24) is 5.32 Å². The Labute approximate surface area is 436 Å². The van der Waals surface area contributed by atoms with Crippen LogP contribution in [0.1, 0.15) is 335 Å². The first-order valence-corrected chi connectivity index (χ1v) is 31.3. The molecule has 0 aliphatic carbocycles. The van der Waals surface area contributed by atoms with Gasteiger partial charge in [0, 0.05) is 12.8 Å². The highest BCUT2D eigenvalue weighted by Gasteiger charge is 2.18. The lowest BCUT2D eigenvalue weighted by molar-refractivity contribution is -0.143. The van der Waals surface area contributed by atoms with Crippen molar-refractivity contribution in [3.8, 4) is 0 Å². The molecule has 6 heteroatoms. The van der Waals surface area contributed by atoms with Crippen molar-refractivity contribution in [3.05, 3.63) is 36.5 Å². The molecule has 0 fully saturated rings. The van der Waals surface area contributed by atoms with Gasteiger partial charge in [-0.05, 0) is 64.2 Å². The number of aliphatic hydroxyl groups excluding tert-OH is 2. The number of esters is 1. The number of allylic oxidation sites excluding steroid dienone is 5. The summed E-state index contributed by atoms with van der Waals surface area (Å²) in [6.07, 6.45) is 74.7. The van der Waals surface area contributed by atoms with Gasteiger partial charge in [-0.15, -0.1) is 0 Å². The van der Waals surface area contributed by atoms with E-state index in [0.29, 0.717) is 19.4 Å². The summed E-state index contributed by atoms with van der Waals surface area (Å²) < 4.78 is 5.45. The van der Waals surface area contributed by atoms with Crippen LogP contribution in [0.15, 0.2) is 36.5 Å². The van der Waals surface area contributed by atoms with Crippen LogP contribution in [0.5, 0.6) is 0 Å². The number of nitrogens with one attached hydrogen (secondary N) is 1. The van der Waals surface area contributed by atoms with Crippen LogP contribution >= 0.6 is 0 Å². The first-order chi connectivity index (χ1) is 34.5. The van der Waals surface area contributed by atoms with Crippen LogP contribution in [0, 0.1) is 0 Å². The average molecular weight is 985 g/mol. The van der Waals surface area contributed by atoms with Crippen LogP contribution in [0.2, 0.25) is 0 Å². The zero-order chi connectivity index (χ0) is 50.7. The lowest BCUT2D eigenvalue weighted by atomic mass is 10.0. The smallest absolute Gasteiger partial charge is 0.305 e. The van der Waals surface area contributed by atoms with Crippen molar-refractivity contribution in [2.24, 2.45) is 0 Å². The summed E-state index contributed by atoms with van der Waals surface area (Å²) in [5, 5.41) is 23.2. The van der Waals surface area contributed by atoms with Gasteiger partial charge in [0.2, 0.25) is 5.91 Å². The predicted molar refractivity (Wildman–Crippen MR) is 306 cm³/mol. The molecule has 0 aliphatic heterocycles. The van der Waals surface area contributed by atoms with E-state index in [1.54, 1.807) is 6.08 Å². The number of amides is 1. The summed E-state index contributed by atoms with van der Waals surface area (Å²) >= 11 is 0. The van der Waals surface area contributed by atoms with E-state index in [-0.39, 0.29) is 18.5 Å². The molecule has 2 atom stereocenters. The molecule has 3 N–H and O–H groups in total. The van der Waals surface area contributed by atoms with E-state index < -0.39 is 12.1 Å². The lowest BCUT2D eigenvalue weighted by Crippen LogP contribution is -2.45. The Hall–Kier alpha value is -1.92. The lowest BCUT2D eigenvalue weighted by Gasteiger charge is -2.20. The fraction of sp³-hybridized carbons (Fsp3) is 0.875. The standard InChI is InChI=1S/C64H121NO5/c1-3-5-7-9-11-13-15-17-18-19-20-21-22-23-24-25-26-27-29-33-36-40-44-48-52-56-62(67)61(60-66)65-63(68)57-53-49-45-41-37-34-30-28-31-35-39-43-47-51-55-59-70-64(69)58-54-50-46-42-38-32-16-14-12-10-8-6-4-2/h28,31,35,39,52,56,61-62,66-67H,3-27,29-30,32-34,36-38,40-51,53-55,57-60H2,1-2H3,(H,65,68)/b31-28-,39-35-,56-52+. The topological polar surface area (TPSA) is 95.9 Å². The van der Waals surface area contributed by atoms with E-state index in [1.807, 2.05) is 6.08 Å². The van der Waals surface area contributed by atoms with Crippen LogP contribution in [0.4, 0.5) is 0 Å². The monoisotopic (exact) mass is 984 g/mol. The molecule has 0 aliphatic rings. The van der Waals surface area contributed by atoms with E-state index >= 15 is 0 Å². The third-order valence-electron chi connectivity index (χ3n) is 14.4. The minimum Gasteiger partial charge on any atom is -0.466 e. The molecule has 0 rings (SSSR count). The van der Waals surface area contributed by atoms with Gasteiger partial charge in [0.25, 0.3) is 0 Å². The first-order valence-electron chi connectivity index (χ1n) is 31.3. The van der Waals surface area contributed by atoms with Crippen LogP contribution in [-0.2, 0) is 14.3 Å². The second kappa shape index (κ2) is 59.6. The molecule has 1 amide bonds. The first kappa shape index (κ1) is 68.1. The zero-order valence-corrected chi connectivity index (χ0v) is 47.0. The third-order valence-corrected chi connectivity index (χ3v) is 14.4. The van der Waals surface area contributed by atoms with Gasteiger partial charge in [0.05, 0.1) is 25.4 Å². The molecule has 0 saturated carbocycles. The number of hydrogen-bond acceptors (Lipinski definition) is 5. The Morgan fingerprint density at radius 3 is 1.06 bits per heavy atom. The normalized spacial score (nSPS) is 12.8. The molecule has 70 heavy (non-hydrogen) atoms. The highest BCUT2D eigenvalue weighted by molar-refractivity contribution is 5.76. The molecule has 0 saturated heterocycles. The Morgan fingerprint density at radius 2 is 0.700 bits per heavy atom. The summed E-state index contributed by atoms with van der Waals surface area (Å²) in [4.78, 5) is 24.5. The highest BCUT2D eigenvalue weighted by atomic mass is 16.5. The molecule has 0 aromatic heterocycles. The molecular formula is C64H121NO5. The predicted octanol–water partition coefficient (Wildman–Crippen LogP) is 19.6. The van der Waals surface area contributed by atoms with Crippen LogP contribution in [0.3, 0.4) is 0 Å². The number of aliphatic hydroxyl groups is 2. The van der Waals surface area contributed by atoms with E-state index in [9.17, 15) is 19.8 Å². The molecule has 0 aromatic carbocycles. The Bertz CT molecular complexity index is 1130.